The Morgan fingerprint density at radius 3 is 3.04 bits per heavy atom. The van der Waals surface area contributed by atoms with E-state index in [0.29, 0.717) is 31.0 Å². The maximum atomic E-state index is 12.7. The van der Waals surface area contributed by atoms with Gasteiger partial charge >= 0.3 is 0 Å². The molecule has 0 spiro atoms. The zero-order chi connectivity index (χ0) is 19.3. The number of amides is 2. The number of pyridine rings is 1. The third-order valence-electron chi connectivity index (χ3n) is 4.80. The number of rotatable bonds is 5. The largest absolute Gasteiger partial charge is 0.472 e. The van der Waals surface area contributed by atoms with Crippen LogP contribution in [0.3, 0.4) is 0 Å². The number of aromatic nitrogens is 4. The molecular weight excluding hydrogens is 360 g/mol. The molecule has 0 unspecified atom stereocenters. The fourth-order valence-electron chi connectivity index (χ4n) is 3.36. The van der Waals surface area contributed by atoms with Gasteiger partial charge in [-0.05, 0) is 25.0 Å². The van der Waals surface area contributed by atoms with Crippen molar-refractivity contribution in [1.82, 2.24) is 30.0 Å². The van der Waals surface area contributed by atoms with Crippen molar-refractivity contribution >= 4 is 11.8 Å². The molecule has 1 fully saturated rings. The van der Waals surface area contributed by atoms with E-state index < -0.39 is 0 Å². The molecule has 28 heavy (non-hydrogen) atoms. The molecule has 144 valence electrons. The number of likely N-dealkylation sites (tertiary alicyclic amines) is 1. The number of furan rings is 1. The fraction of sp³-hybridized carbons (Fsp3) is 0.316. The molecule has 0 radical (unpaired) electrons. The highest BCUT2D eigenvalue weighted by molar-refractivity contribution is 5.94. The summed E-state index contributed by atoms with van der Waals surface area (Å²) in [7, 11) is 0. The minimum absolute atomic E-state index is 0.0712. The predicted octanol–water partition coefficient (Wildman–Crippen LogP) is 1.42. The van der Waals surface area contributed by atoms with Crippen LogP contribution in [0.5, 0.6) is 0 Å². The number of carbonyl (C=O) groups is 2. The van der Waals surface area contributed by atoms with Gasteiger partial charge in [-0.25, -0.2) is 14.6 Å². The first-order valence-electron chi connectivity index (χ1n) is 9.10. The SMILES string of the molecule is O=C(NCc1cccnc1-n1cncn1)[C@@H]1CCCN(C(=O)c2ccoc2)C1. The molecule has 1 atom stereocenters. The Balaban J connectivity index is 1.39. The Kier molecular flexibility index (Phi) is 5.14. The number of nitrogens with one attached hydrogen (secondary N) is 1. The summed E-state index contributed by atoms with van der Waals surface area (Å²) in [5.74, 6) is 0.210. The molecule has 0 aliphatic carbocycles. The van der Waals surface area contributed by atoms with Crippen molar-refractivity contribution in [3.63, 3.8) is 0 Å². The molecule has 4 heterocycles. The summed E-state index contributed by atoms with van der Waals surface area (Å²) in [5.41, 5.74) is 1.34. The van der Waals surface area contributed by atoms with Crippen LogP contribution in [0.15, 0.2) is 54.0 Å². The van der Waals surface area contributed by atoms with Gasteiger partial charge in [-0.1, -0.05) is 6.07 Å². The maximum absolute atomic E-state index is 12.7. The summed E-state index contributed by atoms with van der Waals surface area (Å²) in [5, 5.41) is 7.06. The number of carbonyl (C=O) groups excluding carboxylic acids is 2. The molecule has 1 saturated heterocycles. The van der Waals surface area contributed by atoms with Crippen molar-refractivity contribution in [2.45, 2.75) is 19.4 Å². The molecule has 3 aromatic heterocycles. The van der Waals surface area contributed by atoms with Crippen molar-refractivity contribution in [1.29, 1.82) is 0 Å². The molecule has 1 aliphatic rings. The normalized spacial score (nSPS) is 16.7. The summed E-state index contributed by atoms with van der Waals surface area (Å²) in [6.07, 6.45) is 9.12. The van der Waals surface area contributed by atoms with E-state index in [9.17, 15) is 9.59 Å². The van der Waals surface area contributed by atoms with E-state index in [2.05, 4.69) is 20.4 Å². The first-order chi connectivity index (χ1) is 13.7. The van der Waals surface area contributed by atoms with Crippen molar-refractivity contribution < 1.29 is 14.0 Å². The molecule has 4 rings (SSSR count). The monoisotopic (exact) mass is 380 g/mol. The summed E-state index contributed by atoms with van der Waals surface area (Å²) >= 11 is 0. The molecule has 1 aliphatic heterocycles. The smallest absolute Gasteiger partial charge is 0.257 e. The molecule has 0 aromatic carbocycles. The molecule has 9 heteroatoms. The molecule has 9 nitrogen and oxygen atoms in total. The van der Waals surface area contributed by atoms with Crippen LogP contribution in [0.4, 0.5) is 0 Å². The van der Waals surface area contributed by atoms with Gasteiger partial charge in [0.25, 0.3) is 5.91 Å². The van der Waals surface area contributed by atoms with Crippen molar-refractivity contribution in [3.8, 4) is 5.82 Å². The lowest BCUT2D eigenvalue weighted by molar-refractivity contribution is -0.126. The average molecular weight is 380 g/mol. The van der Waals surface area contributed by atoms with E-state index in [-0.39, 0.29) is 17.7 Å². The highest BCUT2D eigenvalue weighted by Gasteiger charge is 2.29. The fourth-order valence-corrected chi connectivity index (χ4v) is 3.36. The maximum Gasteiger partial charge on any atom is 0.257 e. The molecule has 1 N–H and O–H groups in total. The molecule has 0 saturated carbocycles. The van der Waals surface area contributed by atoms with Crippen molar-refractivity contribution in [3.05, 3.63) is 60.7 Å². The summed E-state index contributed by atoms with van der Waals surface area (Å²) < 4.78 is 6.55. The lowest BCUT2D eigenvalue weighted by atomic mass is 9.96. The number of nitrogens with zero attached hydrogens (tertiary/aromatic N) is 5. The second kappa shape index (κ2) is 8.03. The quantitative estimate of drug-likeness (QED) is 0.718. The molecular formula is C19H20N6O3. The summed E-state index contributed by atoms with van der Waals surface area (Å²) in [6, 6.07) is 5.34. The van der Waals surface area contributed by atoms with Gasteiger partial charge in [0.2, 0.25) is 5.91 Å². The molecule has 0 bridgehead atoms. The lowest BCUT2D eigenvalue weighted by Crippen LogP contribution is -2.45. The molecule has 3 aromatic rings. The van der Waals surface area contributed by atoms with Crippen LogP contribution in [0, 0.1) is 5.92 Å². The Morgan fingerprint density at radius 2 is 2.25 bits per heavy atom. The second-order valence-electron chi connectivity index (χ2n) is 6.65. The van der Waals surface area contributed by atoms with E-state index in [1.54, 1.807) is 28.2 Å². The number of piperidine rings is 1. The Labute approximate surface area is 161 Å². The lowest BCUT2D eigenvalue weighted by Gasteiger charge is -2.31. The van der Waals surface area contributed by atoms with Crippen LogP contribution in [0.25, 0.3) is 5.82 Å². The third-order valence-corrected chi connectivity index (χ3v) is 4.80. The van der Waals surface area contributed by atoms with Gasteiger partial charge in [0, 0.05) is 31.4 Å². The van der Waals surface area contributed by atoms with Crippen molar-refractivity contribution in [2.24, 2.45) is 5.92 Å². The van der Waals surface area contributed by atoms with Crippen LogP contribution < -0.4 is 5.32 Å². The van der Waals surface area contributed by atoms with E-state index in [1.807, 2.05) is 12.1 Å². The number of hydrogen-bond donors (Lipinski definition) is 1. The van der Waals surface area contributed by atoms with Crippen LogP contribution in [0.2, 0.25) is 0 Å². The minimum atomic E-state index is -0.240. The summed E-state index contributed by atoms with van der Waals surface area (Å²) in [4.78, 5) is 35.2. The van der Waals surface area contributed by atoms with E-state index in [4.69, 9.17) is 4.42 Å². The molecule has 2 amide bonds. The van der Waals surface area contributed by atoms with Gasteiger partial charge < -0.3 is 14.6 Å². The topological polar surface area (TPSA) is 106 Å². The first kappa shape index (κ1) is 17.9. The Bertz CT molecular complexity index is 939. The Morgan fingerprint density at radius 1 is 1.32 bits per heavy atom. The van der Waals surface area contributed by atoms with Gasteiger partial charge in [-0.15, -0.1) is 0 Å². The van der Waals surface area contributed by atoms with Crippen LogP contribution in [-0.2, 0) is 11.3 Å². The third kappa shape index (κ3) is 3.78. The second-order valence-corrected chi connectivity index (χ2v) is 6.65. The van der Waals surface area contributed by atoms with Crippen molar-refractivity contribution in [2.75, 3.05) is 13.1 Å². The minimum Gasteiger partial charge on any atom is -0.472 e. The Hall–Kier alpha value is -3.49. The van der Waals surface area contributed by atoms with Gasteiger partial charge in [0.05, 0.1) is 17.7 Å². The number of hydrogen-bond acceptors (Lipinski definition) is 6. The predicted molar refractivity (Wildman–Crippen MR) is 98.3 cm³/mol. The first-order valence-corrected chi connectivity index (χ1v) is 9.10. The van der Waals surface area contributed by atoms with Crippen LogP contribution in [0.1, 0.15) is 28.8 Å². The van der Waals surface area contributed by atoms with E-state index in [0.717, 1.165) is 18.4 Å². The summed E-state index contributed by atoms with van der Waals surface area (Å²) in [6.45, 7) is 1.37. The van der Waals surface area contributed by atoms with Gasteiger partial charge in [-0.3, -0.25) is 9.59 Å². The standard InChI is InChI=1S/C19H20N6O3/c26-18(15-4-2-7-24(10-15)19(27)16-5-8-28-11-16)22-9-14-3-1-6-21-17(14)25-13-20-12-23-25/h1,3,5-6,8,11-13,15H,2,4,7,9-10H2,(H,22,26)/t15-/m1/s1. The van der Waals surface area contributed by atoms with Gasteiger partial charge in [-0.2, -0.15) is 5.10 Å². The van der Waals surface area contributed by atoms with Gasteiger partial charge in [0.15, 0.2) is 5.82 Å². The highest BCUT2D eigenvalue weighted by Crippen LogP contribution is 2.19. The van der Waals surface area contributed by atoms with Gasteiger partial charge in [0.1, 0.15) is 18.9 Å². The zero-order valence-corrected chi connectivity index (χ0v) is 15.2. The average Bonchev–Trinajstić information content (AvgIpc) is 3.46. The van der Waals surface area contributed by atoms with Crippen LogP contribution in [-0.4, -0.2) is 49.6 Å². The van der Waals surface area contributed by atoms with Crippen LogP contribution >= 0.6 is 0 Å². The van der Waals surface area contributed by atoms with E-state index >= 15 is 0 Å². The van der Waals surface area contributed by atoms with E-state index in [1.165, 1.54) is 18.9 Å². The highest BCUT2D eigenvalue weighted by atomic mass is 16.3. The zero-order valence-electron chi connectivity index (χ0n) is 15.2.